The lowest BCUT2D eigenvalue weighted by atomic mass is 10.1. The number of rotatable bonds is 3. The Morgan fingerprint density at radius 3 is 2.80 bits per heavy atom. The normalized spacial score (nSPS) is 10.9. The van der Waals surface area contributed by atoms with Gasteiger partial charge < -0.3 is 15.6 Å². The monoisotopic (exact) mass is 268 g/mol. The highest BCUT2D eigenvalue weighted by molar-refractivity contribution is 5.96. The number of anilines is 2. The highest BCUT2D eigenvalue weighted by Gasteiger charge is 2.11. The third-order valence-corrected chi connectivity index (χ3v) is 3.43. The van der Waals surface area contributed by atoms with E-state index in [0.717, 1.165) is 33.6 Å². The first kappa shape index (κ1) is 12.5. The lowest BCUT2D eigenvalue weighted by Crippen LogP contribution is -2.05. The number of hydrogen-bond acceptors (Lipinski definition) is 5. The molecule has 20 heavy (non-hydrogen) atoms. The van der Waals surface area contributed by atoms with Gasteiger partial charge in [0, 0.05) is 17.5 Å². The maximum absolute atomic E-state index is 6.04. The Hall–Kier alpha value is -2.56. The number of para-hydroxylation sites is 1. The van der Waals surface area contributed by atoms with Crippen LogP contribution < -0.4 is 11.1 Å². The largest absolute Gasteiger partial charge is 0.396 e. The molecule has 0 spiro atoms. The molecule has 102 valence electrons. The number of fused-ring (bicyclic) bond motifs is 1. The first-order chi connectivity index (χ1) is 9.66. The lowest BCUT2D eigenvalue weighted by molar-refractivity contribution is 0.392. The van der Waals surface area contributed by atoms with Crippen molar-refractivity contribution in [2.45, 2.75) is 20.4 Å². The lowest BCUT2D eigenvalue weighted by Gasteiger charge is -2.12. The van der Waals surface area contributed by atoms with Gasteiger partial charge in [0.2, 0.25) is 0 Å². The number of nitrogen functional groups attached to an aromatic ring is 1. The smallest absolute Gasteiger partial charge is 0.138 e. The molecular weight excluding hydrogens is 252 g/mol. The summed E-state index contributed by atoms with van der Waals surface area (Å²) in [6.45, 7) is 4.46. The molecule has 3 N–H and O–H groups in total. The summed E-state index contributed by atoms with van der Waals surface area (Å²) in [5.41, 5.74) is 10.4. The van der Waals surface area contributed by atoms with E-state index in [0.29, 0.717) is 12.2 Å². The van der Waals surface area contributed by atoms with Gasteiger partial charge in [-0.25, -0.2) is 0 Å². The molecule has 0 aliphatic heterocycles. The number of benzene rings is 1. The van der Waals surface area contributed by atoms with E-state index < -0.39 is 0 Å². The van der Waals surface area contributed by atoms with Gasteiger partial charge in [0.25, 0.3) is 0 Å². The summed E-state index contributed by atoms with van der Waals surface area (Å²) < 4.78 is 5.17. The SMILES string of the molecule is Cc1noc(C)c1CNc1c(N)cnc2ccccc12. The zero-order chi connectivity index (χ0) is 14.1. The van der Waals surface area contributed by atoms with Gasteiger partial charge in [-0.1, -0.05) is 23.4 Å². The quantitative estimate of drug-likeness (QED) is 0.763. The molecule has 0 radical (unpaired) electrons. The van der Waals surface area contributed by atoms with Crippen LogP contribution in [0.25, 0.3) is 10.9 Å². The van der Waals surface area contributed by atoms with Gasteiger partial charge in [0.15, 0.2) is 0 Å². The average Bonchev–Trinajstić information content (AvgIpc) is 2.77. The van der Waals surface area contributed by atoms with Gasteiger partial charge >= 0.3 is 0 Å². The van der Waals surface area contributed by atoms with Crippen molar-refractivity contribution in [3.63, 3.8) is 0 Å². The maximum atomic E-state index is 6.04. The first-order valence-corrected chi connectivity index (χ1v) is 6.45. The van der Waals surface area contributed by atoms with Crippen LogP contribution in [0.15, 0.2) is 35.0 Å². The van der Waals surface area contributed by atoms with Crippen LogP contribution >= 0.6 is 0 Å². The number of pyridine rings is 1. The van der Waals surface area contributed by atoms with E-state index in [9.17, 15) is 0 Å². The molecule has 0 fully saturated rings. The van der Waals surface area contributed by atoms with E-state index in [1.807, 2.05) is 38.1 Å². The molecule has 0 atom stereocenters. The van der Waals surface area contributed by atoms with Crippen molar-refractivity contribution >= 4 is 22.3 Å². The van der Waals surface area contributed by atoms with Crippen molar-refractivity contribution in [3.8, 4) is 0 Å². The Morgan fingerprint density at radius 2 is 2.05 bits per heavy atom. The predicted octanol–water partition coefficient (Wildman–Crippen LogP) is 3.03. The number of aryl methyl sites for hydroxylation is 2. The van der Waals surface area contributed by atoms with Gasteiger partial charge in [0.1, 0.15) is 5.76 Å². The van der Waals surface area contributed by atoms with Crippen LogP contribution in [-0.4, -0.2) is 10.1 Å². The zero-order valence-electron chi connectivity index (χ0n) is 11.5. The van der Waals surface area contributed by atoms with Crippen molar-refractivity contribution in [2.75, 3.05) is 11.1 Å². The number of nitrogens with two attached hydrogens (primary N) is 1. The van der Waals surface area contributed by atoms with Crippen molar-refractivity contribution in [2.24, 2.45) is 0 Å². The third kappa shape index (κ3) is 2.07. The average molecular weight is 268 g/mol. The Kier molecular flexibility index (Phi) is 3.02. The molecule has 2 aromatic heterocycles. The van der Waals surface area contributed by atoms with E-state index in [2.05, 4.69) is 15.5 Å². The molecule has 3 rings (SSSR count). The van der Waals surface area contributed by atoms with Gasteiger partial charge in [-0.2, -0.15) is 0 Å². The summed E-state index contributed by atoms with van der Waals surface area (Å²) in [6.07, 6.45) is 1.68. The van der Waals surface area contributed by atoms with E-state index >= 15 is 0 Å². The molecule has 0 aliphatic rings. The molecule has 0 bridgehead atoms. The number of nitrogens with zero attached hydrogens (tertiary/aromatic N) is 2. The molecule has 5 heteroatoms. The third-order valence-electron chi connectivity index (χ3n) is 3.43. The highest BCUT2D eigenvalue weighted by atomic mass is 16.5. The second kappa shape index (κ2) is 4.85. The second-order valence-corrected chi connectivity index (χ2v) is 4.76. The predicted molar refractivity (Wildman–Crippen MR) is 79.5 cm³/mol. The fraction of sp³-hybridized carbons (Fsp3) is 0.200. The van der Waals surface area contributed by atoms with Crippen LogP contribution in [0.2, 0.25) is 0 Å². The van der Waals surface area contributed by atoms with Gasteiger partial charge in [-0.05, 0) is 19.9 Å². The summed E-state index contributed by atoms with van der Waals surface area (Å²) >= 11 is 0. The Bertz CT molecular complexity index is 744. The van der Waals surface area contributed by atoms with E-state index in [1.165, 1.54) is 0 Å². The fourth-order valence-corrected chi connectivity index (χ4v) is 2.29. The summed E-state index contributed by atoms with van der Waals surface area (Å²) in [4.78, 5) is 4.33. The number of hydrogen-bond donors (Lipinski definition) is 2. The maximum Gasteiger partial charge on any atom is 0.138 e. The molecule has 1 aromatic carbocycles. The molecule has 0 saturated carbocycles. The van der Waals surface area contributed by atoms with Gasteiger partial charge in [-0.15, -0.1) is 0 Å². The summed E-state index contributed by atoms with van der Waals surface area (Å²) in [6, 6.07) is 7.92. The van der Waals surface area contributed by atoms with Crippen LogP contribution in [0.1, 0.15) is 17.0 Å². The highest BCUT2D eigenvalue weighted by Crippen LogP contribution is 2.28. The molecule has 3 aromatic rings. The molecule has 2 heterocycles. The van der Waals surface area contributed by atoms with Crippen LogP contribution in [0, 0.1) is 13.8 Å². The molecular formula is C15H16N4O. The Labute approximate surface area is 116 Å². The molecule has 0 unspecified atom stereocenters. The summed E-state index contributed by atoms with van der Waals surface area (Å²) in [5.74, 6) is 0.826. The van der Waals surface area contributed by atoms with Gasteiger partial charge in [-0.3, -0.25) is 4.98 Å². The van der Waals surface area contributed by atoms with Crippen molar-refractivity contribution in [1.82, 2.24) is 10.1 Å². The summed E-state index contributed by atoms with van der Waals surface area (Å²) in [5, 5.41) is 8.34. The fourth-order valence-electron chi connectivity index (χ4n) is 2.29. The van der Waals surface area contributed by atoms with Crippen molar-refractivity contribution in [1.29, 1.82) is 0 Å². The van der Waals surface area contributed by atoms with E-state index in [1.54, 1.807) is 6.20 Å². The van der Waals surface area contributed by atoms with Crippen LogP contribution in [0.3, 0.4) is 0 Å². The topological polar surface area (TPSA) is 77.0 Å². The van der Waals surface area contributed by atoms with Crippen LogP contribution in [0.4, 0.5) is 11.4 Å². The first-order valence-electron chi connectivity index (χ1n) is 6.45. The van der Waals surface area contributed by atoms with Crippen LogP contribution in [-0.2, 0) is 6.54 Å². The van der Waals surface area contributed by atoms with Crippen molar-refractivity contribution in [3.05, 3.63) is 47.5 Å². The Balaban J connectivity index is 1.97. The molecule has 0 saturated heterocycles. The van der Waals surface area contributed by atoms with Gasteiger partial charge in [0.05, 0.1) is 28.8 Å². The van der Waals surface area contributed by atoms with Crippen molar-refractivity contribution < 1.29 is 4.52 Å². The number of aromatic nitrogens is 2. The van der Waals surface area contributed by atoms with Crippen LogP contribution in [0.5, 0.6) is 0 Å². The number of nitrogens with one attached hydrogen (secondary N) is 1. The zero-order valence-corrected chi connectivity index (χ0v) is 11.5. The van der Waals surface area contributed by atoms with E-state index in [4.69, 9.17) is 10.3 Å². The molecule has 5 nitrogen and oxygen atoms in total. The minimum absolute atomic E-state index is 0.624. The minimum Gasteiger partial charge on any atom is -0.396 e. The summed E-state index contributed by atoms with van der Waals surface area (Å²) in [7, 11) is 0. The Morgan fingerprint density at radius 1 is 1.25 bits per heavy atom. The molecule has 0 aliphatic carbocycles. The molecule has 0 amide bonds. The second-order valence-electron chi connectivity index (χ2n) is 4.76. The standard InChI is InChI=1S/C15H16N4O/c1-9-12(10(2)20-19-9)7-18-15-11-5-3-4-6-14(11)17-8-13(15)16/h3-6,8H,7,16H2,1-2H3,(H,17,18). The minimum atomic E-state index is 0.624. The van der Waals surface area contributed by atoms with E-state index in [-0.39, 0.29) is 0 Å².